The quantitative estimate of drug-likeness (QED) is 0.458. The van der Waals surface area contributed by atoms with Crippen molar-refractivity contribution in [3.63, 3.8) is 0 Å². The zero-order valence-electron chi connectivity index (χ0n) is 17.8. The van der Waals surface area contributed by atoms with Crippen LogP contribution in [0.25, 0.3) is 5.70 Å². The maximum atomic E-state index is 14.2. The Bertz CT molecular complexity index is 707. The average molecular weight is 406 g/mol. The Kier molecular flexibility index (Phi) is 9.42. The maximum absolute atomic E-state index is 14.2. The molecule has 0 bridgehead atoms. The van der Waals surface area contributed by atoms with E-state index in [-0.39, 0.29) is 29.0 Å². The van der Waals surface area contributed by atoms with Crippen molar-refractivity contribution in [3.8, 4) is 0 Å². The molecule has 1 unspecified atom stereocenters. The second-order valence-electron chi connectivity index (χ2n) is 7.98. The Morgan fingerprint density at radius 3 is 2.52 bits per heavy atom. The van der Waals surface area contributed by atoms with Crippen LogP contribution in [0.2, 0.25) is 0 Å². The van der Waals surface area contributed by atoms with Gasteiger partial charge in [0.05, 0.1) is 17.8 Å². The molecule has 2 atom stereocenters. The lowest BCUT2D eigenvalue weighted by Crippen LogP contribution is -2.32. The number of hydrogen-bond acceptors (Lipinski definition) is 3. The van der Waals surface area contributed by atoms with Crippen molar-refractivity contribution < 1.29 is 13.6 Å². The van der Waals surface area contributed by atoms with Gasteiger partial charge in [-0.15, -0.1) is 0 Å². The van der Waals surface area contributed by atoms with Crippen molar-refractivity contribution in [2.45, 2.75) is 71.8 Å². The fraction of sp³-hybridized carbons (Fsp3) is 0.609. The van der Waals surface area contributed by atoms with E-state index in [0.29, 0.717) is 19.0 Å². The SMILES string of the molecule is CC/N=N\C(=C/C(C)[C@H](C)CCCC(=O)NC1CCCC1)c1c(F)cccc1F. The van der Waals surface area contributed by atoms with E-state index in [2.05, 4.69) is 22.5 Å². The predicted molar refractivity (Wildman–Crippen MR) is 112 cm³/mol. The van der Waals surface area contributed by atoms with Gasteiger partial charge in [-0.25, -0.2) is 8.78 Å². The molecule has 1 amide bonds. The Hall–Kier alpha value is -2.11. The van der Waals surface area contributed by atoms with Crippen LogP contribution in [0.1, 0.15) is 71.3 Å². The molecule has 1 aromatic rings. The van der Waals surface area contributed by atoms with Gasteiger partial charge in [-0.1, -0.05) is 38.8 Å². The zero-order valence-corrected chi connectivity index (χ0v) is 17.8. The molecule has 160 valence electrons. The molecule has 0 heterocycles. The molecule has 0 saturated heterocycles. The second-order valence-corrected chi connectivity index (χ2v) is 7.98. The van der Waals surface area contributed by atoms with E-state index in [4.69, 9.17) is 0 Å². The van der Waals surface area contributed by atoms with Crippen LogP contribution in [0.15, 0.2) is 34.5 Å². The van der Waals surface area contributed by atoms with Gasteiger partial charge >= 0.3 is 0 Å². The molecule has 1 aromatic carbocycles. The van der Waals surface area contributed by atoms with Crippen molar-refractivity contribution >= 4 is 11.6 Å². The van der Waals surface area contributed by atoms with Crippen LogP contribution in [-0.4, -0.2) is 18.5 Å². The molecule has 1 N–H and O–H groups in total. The van der Waals surface area contributed by atoms with Gasteiger partial charge in [0.15, 0.2) is 0 Å². The number of carbonyl (C=O) groups is 1. The highest BCUT2D eigenvalue weighted by molar-refractivity contribution is 5.76. The summed E-state index contributed by atoms with van der Waals surface area (Å²) in [6.07, 6.45) is 8.52. The van der Waals surface area contributed by atoms with Crippen LogP contribution in [0.3, 0.4) is 0 Å². The van der Waals surface area contributed by atoms with E-state index >= 15 is 0 Å². The lowest BCUT2D eigenvalue weighted by molar-refractivity contribution is -0.121. The lowest BCUT2D eigenvalue weighted by atomic mass is 9.89. The third-order valence-corrected chi connectivity index (χ3v) is 5.64. The molecule has 0 aromatic heterocycles. The lowest BCUT2D eigenvalue weighted by Gasteiger charge is -2.18. The van der Waals surface area contributed by atoms with Crippen molar-refractivity contribution in [2.75, 3.05) is 6.54 Å². The molecule has 0 aliphatic heterocycles. The van der Waals surface area contributed by atoms with Crippen molar-refractivity contribution in [1.29, 1.82) is 0 Å². The molecule has 0 spiro atoms. The summed E-state index contributed by atoms with van der Waals surface area (Å²) in [6, 6.07) is 4.14. The summed E-state index contributed by atoms with van der Waals surface area (Å²) in [5, 5.41) is 11.1. The Morgan fingerprint density at radius 2 is 1.90 bits per heavy atom. The first-order valence-corrected chi connectivity index (χ1v) is 10.8. The summed E-state index contributed by atoms with van der Waals surface area (Å²) in [5.74, 6) is -0.878. The van der Waals surface area contributed by atoms with Crippen LogP contribution in [-0.2, 0) is 4.79 Å². The number of azo groups is 1. The number of halogens is 2. The van der Waals surface area contributed by atoms with Gasteiger partial charge in [-0.2, -0.15) is 10.2 Å². The number of amides is 1. The fourth-order valence-electron chi connectivity index (χ4n) is 3.69. The summed E-state index contributed by atoms with van der Waals surface area (Å²) in [5.41, 5.74) is 0.0838. The van der Waals surface area contributed by atoms with Gasteiger partial charge in [0.1, 0.15) is 11.6 Å². The minimum atomic E-state index is -0.644. The smallest absolute Gasteiger partial charge is 0.220 e. The van der Waals surface area contributed by atoms with Crippen LogP contribution in [0, 0.1) is 23.5 Å². The summed E-state index contributed by atoms with van der Waals surface area (Å²) >= 11 is 0. The summed E-state index contributed by atoms with van der Waals surface area (Å²) in [4.78, 5) is 12.1. The van der Waals surface area contributed by atoms with Gasteiger partial charge < -0.3 is 5.32 Å². The monoisotopic (exact) mass is 405 g/mol. The number of nitrogens with one attached hydrogen (secondary N) is 1. The molecule has 1 aliphatic carbocycles. The van der Waals surface area contributed by atoms with Gasteiger partial charge in [0.25, 0.3) is 0 Å². The zero-order chi connectivity index (χ0) is 21.2. The number of carbonyl (C=O) groups excluding carboxylic acids is 1. The molecule has 0 radical (unpaired) electrons. The van der Waals surface area contributed by atoms with Gasteiger partial charge in [-0.3, -0.25) is 4.79 Å². The van der Waals surface area contributed by atoms with E-state index in [1.807, 2.05) is 13.8 Å². The fourth-order valence-corrected chi connectivity index (χ4v) is 3.69. The number of rotatable bonds is 10. The molecular formula is C23H33F2N3O. The molecule has 1 aliphatic rings. The molecule has 1 fully saturated rings. The van der Waals surface area contributed by atoms with E-state index < -0.39 is 11.6 Å². The van der Waals surface area contributed by atoms with Crippen molar-refractivity contribution in [3.05, 3.63) is 41.5 Å². The average Bonchev–Trinajstić information content (AvgIpc) is 3.18. The molecule has 2 rings (SSSR count). The normalized spacial score (nSPS) is 17.6. The third-order valence-electron chi connectivity index (χ3n) is 5.64. The molecule has 1 saturated carbocycles. The Labute approximate surface area is 172 Å². The molecular weight excluding hydrogens is 372 g/mol. The largest absolute Gasteiger partial charge is 0.353 e. The van der Waals surface area contributed by atoms with E-state index in [9.17, 15) is 13.6 Å². The summed E-state index contributed by atoms with van der Waals surface area (Å²) in [6.45, 7) is 6.35. The number of hydrogen-bond donors (Lipinski definition) is 1. The highest BCUT2D eigenvalue weighted by atomic mass is 19.1. The van der Waals surface area contributed by atoms with E-state index in [1.165, 1.54) is 31.0 Å². The first kappa shape index (κ1) is 23.2. The topological polar surface area (TPSA) is 53.8 Å². The number of benzene rings is 1. The first-order chi connectivity index (χ1) is 13.9. The Balaban J connectivity index is 1.95. The van der Waals surface area contributed by atoms with Crippen LogP contribution >= 0.6 is 0 Å². The predicted octanol–water partition coefficient (Wildman–Crippen LogP) is 6.28. The van der Waals surface area contributed by atoms with Gasteiger partial charge in [-0.05, 0) is 56.6 Å². The standard InChI is InChI=1S/C23H33F2N3O/c1-4-26-28-21(23-19(24)12-8-13-20(23)25)15-17(3)16(2)9-7-14-22(29)27-18-10-5-6-11-18/h8,12-13,15-18H,4-7,9-11,14H2,1-3H3,(H,27,29)/b21-15-,28-26-/t16-,17?/m1/s1. The molecule has 4 nitrogen and oxygen atoms in total. The number of allylic oxidation sites excluding steroid dienone is 1. The van der Waals surface area contributed by atoms with Crippen molar-refractivity contribution in [2.24, 2.45) is 22.1 Å². The molecule has 29 heavy (non-hydrogen) atoms. The van der Waals surface area contributed by atoms with Crippen LogP contribution < -0.4 is 5.32 Å². The van der Waals surface area contributed by atoms with E-state index in [1.54, 1.807) is 6.08 Å². The van der Waals surface area contributed by atoms with Gasteiger partial charge in [0.2, 0.25) is 5.91 Å². The minimum absolute atomic E-state index is 0.0395. The number of nitrogens with zero attached hydrogens (tertiary/aromatic N) is 2. The Morgan fingerprint density at radius 1 is 1.24 bits per heavy atom. The maximum Gasteiger partial charge on any atom is 0.220 e. The highest BCUT2D eigenvalue weighted by Gasteiger charge is 2.19. The van der Waals surface area contributed by atoms with Crippen LogP contribution in [0.5, 0.6) is 0 Å². The molecule has 6 heteroatoms. The van der Waals surface area contributed by atoms with E-state index in [0.717, 1.165) is 25.7 Å². The summed E-state index contributed by atoms with van der Waals surface area (Å²) in [7, 11) is 0. The first-order valence-electron chi connectivity index (χ1n) is 10.8. The van der Waals surface area contributed by atoms with Gasteiger partial charge in [0, 0.05) is 12.5 Å². The minimum Gasteiger partial charge on any atom is -0.353 e. The third kappa shape index (κ3) is 7.33. The highest BCUT2D eigenvalue weighted by Crippen LogP contribution is 2.28. The van der Waals surface area contributed by atoms with Crippen molar-refractivity contribution in [1.82, 2.24) is 5.32 Å². The second kappa shape index (κ2) is 11.8. The summed E-state index contributed by atoms with van der Waals surface area (Å²) < 4.78 is 28.4. The van der Waals surface area contributed by atoms with Crippen LogP contribution in [0.4, 0.5) is 8.78 Å².